The molecule has 0 aromatic heterocycles. The number of aryl methyl sites for hydroxylation is 1. The van der Waals surface area contributed by atoms with Crippen molar-refractivity contribution in [3.8, 4) is 0 Å². The van der Waals surface area contributed by atoms with Crippen LogP contribution in [0.2, 0.25) is 5.02 Å². The Kier molecular flexibility index (Phi) is 5.89. The molecule has 0 spiro atoms. The van der Waals surface area contributed by atoms with Gasteiger partial charge in [0.2, 0.25) is 0 Å². The zero-order valence-corrected chi connectivity index (χ0v) is 18.0. The van der Waals surface area contributed by atoms with E-state index < -0.39 is 5.60 Å². The lowest BCUT2D eigenvalue weighted by atomic mass is 9.84. The topological polar surface area (TPSA) is 61.5 Å². The molecular weight excluding hydrogens is 394 g/mol. The average Bonchev–Trinajstić information content (AvgIpc) is 2.76. The van der Waals surface area contributed by atoms with Crippen molar-refractivity contribution in [3.05, 3.63) is 88.4 Å². The van der Waals surface area contributed by atoms with Crippen molar-refractivity contribution in [1.29, 1.82) is 0 Å². The Morgan fingerprint density at radius 1 is 1.00 bits per heavy atom. The van der Waals surface area contributed by atoms with Crippen LogP contribution in [-0.4, -0.2) is 18.2 Å². The predicted octanol–water partition coefficient (Wildman–Crippen LogP) is 5.33. The lowest BCUT2D eigenvalue weighted by Gasteiger charge is -2.39. The second kappa shape index (κ2) is 8.58. The molecule has 0 saturated carbocycles. The van der Waals surface area contributed by atoms with Gasteiger partial charge in [-0.25, -0.2) is 0 Å². The average molecular weight is 422 g/mol. The highest BCUT2D eigenvalue weighted by atomic mass is 35.5. The Labute approximate surface area is 183 Å². The Morgan fingerprint density at radius 3 is 2.30 bits per heavy atom. The van der Waals surface area contributed by atoms with Crippen LogP contribution in [0.5, 0.6) is 0 Å². The summed E-state index contributed by atoms with van der Waals surface area (Å²) in [4.78, 5) is 2.33. The van der Waals surface area contributed by atoms with E-state index in [9.17, 15) is 5.11 Å². The standard InChI is InChI=1S/C25H28ClN3O/c1-18-16-19(2-11-24(18)27)17-28-22-7-9-23(10-8-22)29-14-12-25(30,13-15-29)20-3-5-21(26)6-4-20/h2-11,16,28,30H,12-15,17,27H2,1H3. The van der Waals surface area contributed by atoms with E-state index in [1.54, 1.807) is 0 Å². The van der Waals surface area contributed by atoms with E-state index in [0.29, 0.717) is 17.9 Å². The first-order valence-corrected chi connectivity index (χ1v) is 10.7. The van der Waals surface area contributed by atoms with Crippen LogP contribution in [0.15, 0.2) is 66.7 Å². The van der Waals surface area contributed by atoms with Crippen molar-refractivity contribution in [2.24, 2.45) is 0 Å². The van der Waals surface area contributed by atoms with Crippen molar-refractivity contribution in [2.75, 3.05) is 29.0 Å². The van der Waals surface area contributed by atoms with Crippen LogP contribution >= 0.6 is 11.6 Å². The first kappa shape index (κ1) is 20.6. The molecule has 0 unspecified atom stereocenters. The molecule has 5 heteroatoms. The van der Waals surface area contributed by atoms with Crippen LogP contribution in [0.4, 0.5) is 17.1 Å². The van der Waals surface area contributed by atoms with Gasteiger partial charge in [-0.3, -0.25) is 0 Å². The zero-order valence-electron chi connectivity index (χ0n) is 17.2. The zero-order chi connectivity index (χ0) is 21.1. The molecule has 0 aliphatic carbocycles. The van der Waals surface area contributed by atoms with Crippen LogP contribution in [0.1, 0.15) is 29.5 Å². The van der Waals surface area contributed by atoms with Crippen molar-refractivity contribution < 1.29 is 5.11 Å². The van der Waals surface area contributed by atoms with Gasteiger partial charge in [0.05, 0.1) is 5.60 Å². The quantitative estimate of drug-likeness (QED) is 0.487. The van der Waals surface area contributed by atoms with Crippen molar-refractivity contribution in [1.82, 2.24) is 0 Å². The number of nitrogens with one attached hydrogen (secondary N) is 1. The van der Waals surface area contributed by atoms with Gasteiger partial charge in [0.1, 0.15) is 0 Å². The normalized spacial score (nSPS) is 15.8. The SMILES string of the molecule is Cc1cc(CNc2ccc(N3CCC(O)(c4ccc(Cl)cc4)CC3)cc2)ccc1N. The van der Waals surface area contributed by atoms with Crippen LogP contribution in [0.3, 0.4) is 0 Å². The third-order valence-corrected chi connectivity index (χ3v) is 6.29. The van der Waals surface area contributed by atoms with Crippen molar-refractivity contribution >= 4 is 28.7 Å². The number of halogens is 1. The van der Waals surface area contributed by atoms with E-state index in [2.05, 4.69) is 46.6 Å². The summed E-state index contributed by atoms with van der Waals surface area (Å²) in [6.07, 6.45) is 1.40. The highest BCUT2D eigenvalue weighted by molar-refractivity contribution is 6.30. The molecule has 0 radical (unpaired) electrons. The molecule has 0 amide bonds. The Bertz CT molecular complexity index is 994. The number of rotatable bonds is 5. The Balaban J connectivity index is 1.34. The molecule has 30 heavy (non-hydrogen) atoms. The number of nitrogens with two attached hydrogens (primary N) is 1. The highest BCUT2D eigenvalue weighted by Gasteiger charge is 2.33. The molecule has 1 aliphatic heterocycles. The monoisotopic (exact) mass is 421 g/mol. The van der Waals surface area contributed by atoms with Crippen molar-refractivity contribution in [2.45, 2.75) is 31.9 Å². The number of piperidine rings is 1. The molecule has 1 heterocycles. The second-order valence-electron chi connectivity index (χ2n) is 8.12. The third-order valence-electron chi connectivity index (χ3n) is 6.04. The molecule has 4 nitrogen and oxygen atoms in total. The van der Waals surface area contributed by atoms with Gasteiger partial charge in [-0.05, 0) is 78.9 Å². The van der Waals surface area contributed by atoms with Gasteiger partial charge in [0.15, 0.2) is 0 Å². The van der Waals surface area contributed by atoms with Gasteiger partial charge in [-0.15, -0.1) is 0 Å². The van der Waals surface area contributed by atoms with Crippen LogP contribution < -0.4 is 16.0 Å². The molecule has 4 N–H and O–H groups in total. The molecule has 1 fully saturated rings. The van der Waals surface area contributed by atoms with Gasteiger partial charge < -0.3 is 21.1 Å². The highest BCUT2D eigenvalue weighted by Crippen LogP contribution is 2.35. The smallest absolute Gasteiger partial charge is 0.0930 e. The van der Waals surface area contributed by atoms with Gasteiger partial charge in [-0.1, -0.05) is 35.9 Å². The number of anilines is 3. The number of hydrogen-bond donors (Lipinski definition) is 3. The molecule has 1 aliphatic rings. The molecule has 156 valence electrons. The van der Waals surface area contributed by atoms with E-state index in [1.165, 1.54) is 11.3 Å². The Hall–Kier alpha value is -2.69. The number of aliphatic hydroxyl groups is 1. The summed E-state index contributed by atoms with van der Waals surface area (Å²) in [7, 11) is 0. The number of benzene rings is 3. The number of nitrogens with zero attached hydrogens (tertiary/aromatic N) is 1. The van der Waals surface area contributed by atoms with Gasteiger partial charge in [-0.2, -0.15) is 0 Å². The van der Waals surface area contributed by atoms with E-state index in [0.717, 1.165) is 42.1 Å². The summed E-state index contributed by atoms with van der Waals surface area (Å²) in [5, 5.41) is 15.2. The van der Waals surface area contributed by atoms with E-state index in [4.69, 9.17) is 17.3 Å². The minimum absolute atomic E-state index is 0.694. The van der Waals surface area contributed by atoms with Crippen molar-refractivity contribution in [3.63, 3.8) is 0 Å². The van der Waals surface area contributed by atoms with Gasteiger partial charge >= 0.3 is 0 Å². The van der Waals surface area contributed by atoms with Gasteiger partial charge in [0.25, 0.3) is 0 Å². The fourth-order valence-corrected chi connectivity index (χ4v) is 4.15. The van der Waals surface area contributed by atoms with E-state index in [-0.39, 0.29) is 0 Å². The maximum Gasteiger partial charge on any atom is 0.0930 e. The van der Waals surface area contributed by atoms with E-state index >= 15 is 0 Å². The molecule has 1 saturated heterocycles. The largest absolute Gasteiger partial charge is 0.399 e. The fourth-order valence-electron chi connectivity index (χ4n) is 4.03. The first-order valence-electron chi connectivity index (χ1n) is 10.4. The van der Waals surface area contributed by atoms with Crippen LogP contribution in [0, 0.1) is 6.92 Å². The lowest BCUT2D eigenvalue weighted by Crippen LogP contribution is -2.42. The van der Waals surface area contributed by atoms with E-state index in [1.807, 2.05) is 37.3 Å². The minimum atomic E-state index is -0.778. The van der Waals surface area contributed by atoms with Gasteiger partial charge in [0, 0.05) is 41.7 Å². The maximum absolute atomic E-state index is 11.1. The summed E-state index contributed by atoms with van der Waals surface area (Å²) < 4.78 is 0. The lowest BCUT2D eigenvalue weighted by molar-refractivity contribution is 0.0118. The summed E-state index contributed by atoms with van der Waals surface area (Å²) in [6, 6.07) is 22.2. The van der Waals surface area contributed by atoms with Crippen LogP contribution in [-0.2, 0) is 12.1 Å². The first-order chi connectivity index (χ1) is 14.4. The Morgan fingerprint density at radius 2 is 1.67 bits per heavy atom. The third kappa shape index (κ3) is 4.55. The minimum Gasteiger partial charge on any atom is -0.399 e. The van der Waals surface area contributed by atoms with Crippen LogP contribution in [0.25, 0.3) is 0 Å². The fraction of sp³-hybridized carbons (Fsp3) is 0.280. The molecule has 4 rings (SSSR count). The summed E-state index contributed by atoms with van der Waals surface area (Å²) in [5.41, 5.74) is 11.5. The number of nitrogen functional groups attached to an aromatic ring is 1. The molecular formula is C25H28ClN3O. The molecule has 3 aromatic rings. The summed E-state index contributed by atoms with van der Waals surface area (Å²) in [6.45, 7) is 4.42. The maximum atomic E-state index is 11.1. The predicted molar refractivity (Wildman–Crippen MR) is 126 cm³/mol. The second-order valence-corrected chi connectivity index (χ2v) is 8.55. The number of hydrogen-bond acceptors (Lipinski definition) is 4. The molecule has 0 bridgehead atoms. The molecule has 0 atom stereocenters. The summed E-state index contributed by atoms with van der Waals surface area (Å²) >= 11 is 5.98. The molecule has 3 aromatic carbocycles. The summed E-state index contributed by atoms with van der Waals surface area (Å²) in [5.74, 6) is 0.